The van der Waals surface area contributed by atoms with Gasteiger partial charge in [-0.1, -0.05) is 46.6 Å². The molecule has 0 aliphatic carbocycles. The average Bonchev–Trinajstić information content (AvgIpc) is 3.35. The summed E-state index contributed by atoms with van der Waals surface area (Å²) in [6.45, 7) is 5.58. The molecule has 1 amide bonds. The molecular formula is C22H19ClN4O2S2. The first-order chi connectivity index (χ1) is 14.9. The van der Waals surface area contributed by atoms with E-state index in [1.165, 1.54) is 30.0 Å². The van der Waals surface area contributed by atoms with E-state index < -0.39 is 0 Å². The van der Waals surface area contributed by atoms with Crippen molar-refractivity contribution in [1.29, 1.82) is 0 Å². The Hall–Kier alpha value is -2.68. The minimum Gasteiger partial charge on any atom is -0.411 e. The lowest BCUT2D eigenvalue weighted by Crippen LogP contribution is -2.22. The van der Waals surface area contributed by atoms with Gasteiger partial charge in [-0.05, 0) is 44.2 Å². The monoisotopic (exact) mass is 470 g/mol. The van der Waals surface area contributed by atoms with E-state index in [-0.39, 0.29) is 5.91 Å². The first-order valence-corrected chi connectivity index (χ1v) is 11.7. The van der Waals surface area contributed by atoms with Gasteiger partial charge in [0.1, 0.15) is 0 Å². The SMILES string of the molecule is CC(=O)N(c1cccc(Cl)c1)c1nc(CSc2nnc(-c3cc(C)cc(C)c3)o2)cs1. The molecule has 0 radical (unpaired) electrons. The highest BCUT2D eigenvalue weighted by Crippen LogP contribution is 2.32. The number of hydrogen-bond donors (Lipinski definition) is 0. The second-order valence-electron chi connectivity index (χ2n) is 6.99. The fourth-order valence-corrected chi connectivity index (χ4v) is 4.96. The van der Waals surface area contributed by atoms with Gasteiger partial charge in [0.25, 0.3) is 5.22 Å². The first-order valence-electron chi connectivity index (χ1n) is 9.44. The normalized spacial score (nSPS) is 11.0. The van der Waals surface area contributed by atoms with E-state index in [0.29, 0.717) is 32.7 Å². The van der Waals surface area contributed by atoms with E-state index in [2.05, 4.69) is 21.2 Å². The highest BCUT2D eigenvalue weighted by molar-refractivity contribution is 7.98. The maximum absolute atomic E-state index is 12.2. The largest absolute Gasteiger partial charge is 0.411 e. The summed E-state index contributed by atoms with van der Waals surface area (Å²) in [5.74, 6) is 0.912. The molecule has 0 saturated carbocycles. The van der Waals surface area contributed by atoms with Gasteiger partial charge < -0.3 is 4.42 Å². The van der Waals surface area contributed by atoms with E-state index in [4.69, 9.17) is 16.0 Å². The molecule has 9 heteroatoms. The molecule has 158 valence electrons. The summed E-state index contributed by atoms with van der Waals surface area (Å²) >= 11 is 8.89. The fraction of sp³-hybridized carbons (Fsp3) is 0.182. The summed E-state index contributed by atoms with van der Waals surface area (Å²) in [7, 11) is 0. The highest BCUT2D eigenvalue weighted by Gasteiger charge is 2.19. The van der Waals surface area contributed by atoms with Crippen LogP contribution in [0.3, 0.4) is 0 Å². The van der Waals surface area contributed by atoms with Crippen LogP contribution in [0, 0.1) is 13.8 Å². The number of aromatic nitrogens is 3. The van der Waals surface area contributed by atoms with E-state index >= 15 is 0 Å². The van der Waals surface area contributed by atoms with Crippen LogP contribution < -0.4 is 4.90 Å². The van der Waals surface area contributed by atoms with E-state index in [9.17, 15) is 4.79 Å². The van der Waals surface area contributed by atoms with Crippen molar-refractivity contribution in [2.24, 2.45) is 0 Å². The van der Waals surface area contributed by atoms with Crippen LogP contribution >= 0.6 is 34.7 Å². The Kier molecular flexibility index (Phi) is 6.41. The first kappa shape index (κ1) is 21.5. The number of benzene rings is 2. The van der Waals surface area contributed by atoms with Crippen molar-refractivity contribution < 1.29 is 9.21 Å². The summed E-state index contributed by atoms with van der Waals surface area (Å²) in [5, 5.41) is 11.8. The molecule has 0 unspecified atom stereocenters. The van der Waals surface area contributed by atoms with Gasteiger partial charge in [-0.15, -0.1) is 21.5 Å². The van der Waals surface area contributed by atoms with Gasteiger partial charge in [0, 0.05) is 28.6 Å². The van der Waals surface area contributed by atoms with Gasteiger partial charge in [-0.3, -0.25) is 9.69 Å². The third-order valence-electron chi connectivity index (χ3n) is 4.33. The number of carbonyl (C=O) groups is 1. The lowest BCUT2D eigenvalue weighted by molar-refractivity contribution is -0.115. The lowest BCUT2D eigenvalue weighted by Gasteiger charge is -2.18. The number of aryl methyl sites for hydroxylation is 2. The average molecular weight is 471 g/mol. The molecule has 0 spiro atoms. The summed E-state index contributed by atoms with van der Waals surface area (Å²) in [6, 6.07) is 13.3. The molecule has 0 saturated heterocycles. The molecule has 0 aliphatic rings. The second kappa shape index (κ2) is 9.21. The van der Waals surface area contributed by atoms with Gasteiger partial charge in [0.2, 0.25) is 11.8 Å². The van der Waals surface area contributed by atoms with Gasteiger partial charge >= 0.3 is 0 Å². The molecular weight excluding hydrogens is 452 g/mol. The Balaban J connectivity index is 1.47. The smallest absolute Gasteiger partial charge is 0.277 e. The van der Waals surface area contributed by atoms with Crippen molar-refractivity contribution in [2.75, 3.05) is 4.90 Å². The van der Waals surface area contributed by atoms with Gasteiger partial charge in [0.15, 0.2) is 5.13 Å². The number of anilines is 2. The Bertz CT molecular complexity index is 1220. The minimum absolute atomic E-state index is 0.134. The summed E-state index contributed by atoms with van der Waals surface area (Å²) in [5.41, 5.74) is 4.71. The molecule has 2 heterocycles. The van der Waals surface area contributed by atoms with Crippen LogP contribution in [0.4, 0.5) is 10.8 Å². The number of rotatable bonds is 6. The molecule has 4 aromatic rings. The number of thiazole rings is 1. The van der Waals surface area contributed by atoms with E-state index in [0.717, 1.165) is 22.4 Å². The zero-order chi connectivity index (χ0) is 22.0. The zero-order valence-corrected chi connectivity index (χ0v) is 19.5. The van der Waals surface area contributed by atoms with Crippen LogP contribution in [0.5, 0.6) is 0 Å². The number of nitrogens with zero attached hydrogens (tertiary/aromatic N) is 4. The van der Waals surface area contributed by atoms with Crippen LogP contribution in [0.2, 0.25) is 5.02 Å². The highest BCUT2D eigenvalue weighted by atomic mass is 35.5. The van der Waals surface area contributed by atoms with Gasteiger partial charge in [-0.25, -0.2) is 4.98 Å². The summed E-state index contributed by atoms with van der Waals surface area (Å²) < 4.78 is 5.81. The van der Waals surface area contributed by atoms with Crippen LogP contribution in [-0.4, -0.2) is 21.1 Å². The maximum atomic E-state index is 12.2. The van der Waals surface area contributed by atoms with Gasteiger partial charge in [0.05, 0.1) is 11.4 Å². The number of thioether (sulfide) groups is 1. The van der Waals surface area contributed by atoms with E-state index in [1.54, 1.807) is 23.1 Å². The maximum Gasteiger partial charge on any atom is 0.277 e. The molecule has 2 aromatic heterocycles. The Morgan fingerprint density at radius 1 is 1.16 bits per heavy atom. The Morgan fingerprint density at radius 2 is 1.94 bits per heavy atom. The Labute approximate surface area is 193 Å². The van der Waals surface area contributed by atoms with E-state index in [1.807, 2.05) is 37.4 Å². The lowest BCUT2D eigenvalue weighted by atomic mass is 10.1. The van der Waals surface area contributed by atoms with Crippen molar-refractivity contribution in [1.82, 2.24) is 15.2 Å². The van der Waals surface area contributed by atoms with Crippen molar-refractivity contribution in [2.45, 2.75) is 31.7 Å². The molecule has 0 fully saturated rings. The van der Waals surface area contributed by atoms with Crippen LogP contribution in [0.25, 0.3) is 11.5 Å². The number of carbonyl (C=O) groups excluding carboxylic acids is 1. The predicted molar refractivity (Wildman–Crippen MR) is 125 cm³/mol. The second-order valence-corrected chi connectivity index (χ2v) is 9.19. The molecule has 31 heavy (non-hydrogen) atoms. The number of halogens is 1. The molecule has 0 N–H and O–H groups in total. The third kappa shape index (κ3) is 5.15. The topological polar surface area (TPSA) is 72.1 Å². The molecule has 2 aromatic carbocycles. The fourth-order valence-electron chi connectivity index (χ4n) is 3.13. The third-order valence-corrected chi connectivity index (χ3v) is 6.29. The van der Waals surface area contributed by atoms with Crippen molar-refractivity contribution >= 4 is 51.4 Å². The minimum atomic E-state index is -0.134. The standard InChI is InChI=1S/C22H19ClN4O2S2/c1-13-7-14(2)9-16(8-13)20-25-26-22(29-20)31-12-18-11-30-21(24-18)27(15(3)28)19-6-4-5-17(23)10-19/h4-11H,12H2,1-3H3. The van der Waals surface area contributed by atoms with Gasteiger partial charge in [-0.2, -0.15) is 0 Å². The van der Waals surface area contributed by atoms with Crippen LogP contribution in [-0.2, 0) is 10.5 Å². The number of hydrogen-bond acceptors (Lipinski definition) is 7. The zero-order valence-electron chi connectivity index (χ0n) is 17.1. The molecule has 0 bridgehead atoms. The predicted octanol–water partition coefficient (Wildman–Crippen LogP) is 6.44. The molecule has 0 aliphatic heterocycles. The number of amides is 1. The van der Waals surface area contributed by atoms with Crippen molar-refractivity contribution in [3.63, 3.8) is 0 Å². The Morgan fingerprint density at radius 3 is 2.65 bits per heavy atom. The van der Waals surface area contributed by atoms with Crippen molar-refractivity contribution in [3.05, 3.63) is 69.7 Å². The summed E-state index contributed by atoms with van der Waals surface area (Å²) in [4.78, 5) is 18.4. The van der Waals surface area contributed by atoms with Crippen LogP contribution in [0.1, 0.15) is 23.7 Å². The van der Waals surface area contributed by atoms with Crippen molar-refractivity contribution in [3.8, 4) is 11.5 Å². The molecule has 4 rings (SSSR count). The van der Waals surface area contributed by atoms with Crippen LogP contribution in [0.15, 0.2) is 57.5 Å². The molecule has 6 nitrogen and oxygen atoms in total. The quantitative estimate of drug-likeness (QED) is 0.302. The molecule has 0 atom stereocenters. The summed E-state index contributed by atoms with van der Waals surface area (Å²) in [6.07, 6.45) is 0.